The lowest BCUT2D eigenvalue weighted by Gasteiger charge is -1.92. The molecular weight excluding hydrogens is 230 g/mol. The average molecular weight is 243 g/mol. The van der Waals surface area contributed by atoms with Gasteiger partial charge in [0.05, 0.1) is 21.6 Å². The molecule has 0 saturated carbocycles. The van der Waals surface area contributed by atoms with E-state index in [0.29, 0.717) is 0 Å². The van der Waals surface area contributed by atoms with E-state index in [1.807, 2.05) is 12.1 Å². The number of thiophene rings is 1. The van der Waals surface area contributed by atoms with Crippen LogP contribution in [-0.4, -0.2) is 9.97 Å². The molecule has 1 aromatic carbocycles. The van der Waals surface area contributed by atoms with Crippen molar-refractivity contribution >= 4 is 27.4 Å². The molecule has 0 aliphatic heterocycles. The molecule has 0 radical (unpaired) electrons. The number of anilines is 1. The molecule has 0 aliphatic carbocycles. The standard InChI is InChI=1S/C13H13N3S/c1-7-4-3-5-10-11(7)16-13(15-10)9-6-8(2)17-12(9)14/h3-6H,14H2,1-2H3,(H,15,16). The quantitative estimate of drug-likeness (QED) is 0.687. The topological polar surface area (TPSA) is 54.7 Å². The minimum atomic E-state index is 0.819. The van der Waals surface area contributed by atoms with Crippen molar-refractivity contribution in [3.63, 3.8) is 0 Å². The van der Waals surface area contributed by atoms with E-state index in [0.717, 1.165) is 27.4 Å². The summed E-state index contributed by atoms with van der Waals surface area (Å²) in [7, 11) is 0. The number of nitrogens with two attached hydrogens (primary N) is 1. The Morgan fingerprint density at radius 2 is 2.12 bits per heavy atom. The summed E-state index contributed by atoms with van der Waals surface area (Å²) in [4.78, 5) is 9.15. The number of fused-ring (bicyclic) bond motifs is 1. The number of nitrogens with zero attached hydrogens (tertiary/aromatic N) is 1. The van der Waals surface area contributed by atoms with Gasteiger partial charge < -0.3 is 10.7 Å². The van der Waals surface area contributed by atoms with Crippen molar-refractivity contribution in [1.82, 2.24) is 9.97 Å². The molecule has 0 bridgehead atoms. The van der Waals surface area contributed by atoms with E-state index in [2.05, 4.69) is 35.9 Å². The number of H-pyrrole nitrogens is 1. The predicted octanol–water partition coefficient (Wildman–Crippen LogP) is 3.49. The Bertz CT molecular complexity index is 694. The molecule has 86 valence electrons. The van der Waals surface area contributed by atoms with Crippen molar-refractivity contribution in [2.24, 2.45) is 0 Å². The highest BCUT2D eigenvalue weighted by Gasteiger charge is 2.11. The minimum absolute atomic E-state index is 0.819. The Labute approximate surface area is 103 Å². The lowest BCUT2D eigenvalue weighted by Crippen LogP contribution is -1.84. The average Bonchev–Trinajstić information content (AvgIpc) is 2.82. The number of aromatic nitrogens is 2. The summed E-state index contributed by atoms with van der Waals surface area (Å²) in [5.74, 6) is 0.858. The van der Waals surface area contributed by atoms with Crippen LogP contribution in [0.2, 0.25) is 0 Å². The van der Waals surface area contributed by atoms with E-state index in [4.69, 9.17) is 5.73 Å². The molecule has 0 amide bonds. The summed E-state index contributed by atoms with van der Waals surface area (Å²) >= 11 is 1.60. The second kappa shape index (κ2) is 3.60. The van der Waals surface area contributed by atoms with Gasteiger partial charge in [-0.2, -0.15) is 0 Å². The van der Waals surface area contributed by atoms with Crippen LogP contribution >= 0.6 is 11.3 Å². The maximum atomic E-state index is 5.99. The van der Waals surface area contributed by atoms with Crippen LogP contribution in [-0.2, 0) is 0 Å². The van der Waals surface area contributed by atoms with Gasteiger partial charge in [0.15, 0.2) is 0 Å². The fourth-order valence-corrected chi connectivity index (χ4v) is 2.81. The first-order chi connectivity index (χ1) is 8.15. The fourth-order valence-electron chi connectivity index (χ4n) is 2.02. The second-order valence-electron chi connectivity index (χ2n) is 4.19. The Balaban J connectivity index is 2.25. The van der Waals surface area contributed by atoms with Gasteiger partial charge in [0.2, 0.25) is 0 Å². The molecule has 0 aliphatic rings. The molecule has 17 heavy (non-hydrogen) atoms. The highest BCUT2D eigenvalue weighted by Crippen LogP contribution is 2.33. The third-order valence-electron chi connectivity index (χ3n) is 2.85. The SMILES string of the molecule is Cc1cc(-c2nc3c(C)cccc3[nH]2)c(N)s1. The maximum Gasteiger partial charge on any atom is 0.141 e. The fraction of sp³-hybridized carbons (Fsp3) is 0.154. The van der Waals surface area contributed by atoms with Crippen molar-refractivity contribution in [2.75, 3.05) is 5.73 Å². The summed E-state index contributed by atoms with van der Waals surface area (Å²) in [5.41, 5.74) is 10.2. The van der Waals surface area contributed by atoms with Gasteiger partial charge in [-0.25, -0.2) is 4.98 Å². The zero-order valence-electron chi connectivity index (χ0n) is 9.74. The van der Waals surface area contributed by atoms with Gasteiger partial charge in [-0.05, 0) is 31.5 Å². The molecular formula is C13H13N3S. The Kier molecular flexibility index (Phi) is 2.19. The number of aryl methyl sites for hydroxylation is 2. The molecule has 3 rings (SSSR count). The molecule has 4 heteroatoms. The van der Waals surface area contributed by atoms with Crippen LogP contribution in [0.15, 0.2) is 24.3 Å². The van der Waals surface area contributed by atoms with Crippen LogP contribution in [0.25, 0.3) is 22.4 Å². The van der Waals surface area contributed by atoms with Crippen molar-refractivity contribution < 1.29 is 0 Å². The van der Waals surface area contributed by atoms with E-state index in [-0.39, 0.29) is 0 Å². The molecule has 0 unspecified atom stereocenters. The van der Waals surface area contributed by atoms with Crippen LogP contribution < -0.4 is 5.73 Å². The number of hydrogen-bond acceptors (Lipinski definition) is 3. The summed E-state index contributed by atoms with van der Waals surface area (Å²) in [6.07, 6.45) is 0. The van der Waals surface area contributed by atoms with Crippen molar-refractivity contribution in [2.45, 2.75) is 13.8 Å². The highest BCUT2D eigenvalue weighted by molar-refractivity contribution is 7.16. The van der Waals surface area contributed by atoms with Gasteiger partial charge in [-0.3, -0.25) is 0 Å². The lowest BCUT2D eigenvalue weighted by atomic mass is 10.2. The second-order valence-corrected chi connectivity index (χ2v) is 5.48. The third-order valence-corrected chi connectivity index (χ3v) is 3.73. The predicted molar refractivity (Wildman–Crippen MR) is 73.3 cm³/mol. The normalized spacial score (nSPS) is 11.2. The Morgan fingerprint density at radius 1 is 1.29 bits per heavy atom. The smallest absolute Gasteiger partial charge is 0.141 e. The molecule has 3 nitrogen and oxygen atoms in total. The van der Waals surface area contributed by atoms with E-state index in [1.54, 1.807) is 11.3 Å². The first-order valence-corrected chi connectivity index (χ1v) is 6.28. The van der Waals surface area contributed by atoms with Gasteiger partial charge >= 0.3 is 0 Å². The van der Waals surface area contributed by atoms with Gasteiger partial charge in [0.1, 0.15) is 5.82 Å². The van der Waals surface area contributed by atoms with Gasteiger partial charge in [0, 0.05) is 4.88 Å². The minimum Gasteiger partial charge on any atom is -0.390 e. The molecule has 0 atom stereocenters. The molecule has 0 saturated heterocycles. The number of hydrogen-bond donors (Lipinski definition) is 2. The van der Waals surface area contributed by atoms with E-state index in [9.17, 15) is 0 Å². The number of nitrogens with one attached hydrogen (secondary N) is 1. The highest BCUT2D eigenvalue weighted by atomic mass is 32.1. The van der Waals surface area contributed by atoms with E-state index in [1.165, 1.54) is 10.4 Å². The number of para-hydroxylation sites is 1. The third kappa shape index (κ3) is 1.61. The molecule has 2 heterocycles. The number of nitrogen functional groups attached to an aromatic ring is 1. The van der Waals surface area contributed by atoms with Crippen molar-refractivity contribution in [3.8, 4) is 11.4 Å². The summed E-state index contributed by atoms with van der Waals surface area (Å²) in [6.45, 7) is 4.12. The van der Waals surface area contributed by atoms with Crippen LogP contribution in [0.3, 0.4) is 0 Å². The van der Waals surface area contributed by atoms with Crippen LogP contribution in [0, 0.1) is 13.8 Å². The van der Waals surface area contributed by atoms with Gasteiger partial charge in [0.25, 0.3) is 0 Å². The van der Waals surface area contributed by atoms with E-state index >= 15 is 0 Å². The zero-order valence-corrected chi connectivity index (χ0v) is 10.6. The van der Waals surface area contributed by atoms with Crippen molar-refractivity contribution in [1.29, 1.82) is 0 Å². The first kappa shape index (κ1) is 10.4. The summed E-state index contributed by atoms with van der Waals surface area (Å²) < 4.78 is 0. The van der Waals surface area contributed by atoms with E-state index < -0.39 is 0 Å². The zero-order chi connectivity index (χ0) is 12.0. The molecule has 0 fully saturated rings. The monoisotopic (exact) mass is 243 g/mol. The first-order valence-electron chi connectivity index (χ1n) is 5.47. The van der Waals surface area contributed by atoms with Gasteiger partial charge in [-0.15, -0.1) is 11.3 Å². The summed E-state index contributed by atoms with van der Waals surface area (Å²) in [5, 5.41) is 0.819. The van der Waals surface area contributed by atoms with Crippen LogP contribution in [0.5, 0.6) is 0 Å². The number of aromatic amines is 1. The van der Waals surface area contributed by atoms with Crippen LogP contribution in [0.1, 0.15) is 10.4 Å². The molecule has 3 N–H and O–H groups in total. The Morgan fingerprint density at radius 3 is 2.76 bits per heavy atom. The van der Waals surface area contributed by atoms with Crippen molar-refractivity contribution in [3.05, 3.63) is 34.7 Å². The number of rotatable bonds is 1. The lowest BCUT2D eigenvalue weighted by molar-refractivity contribution is 1.34. The Hall–Kier alpha value is -1.81. The molecule has 0 spiro atoms. The maximum absolute atomic E-state index is 5.99. The van der Waals surface area contributed by atoms with Crippen LogP contribution in [0.4, 0.5) is 5.00 Å². The molecule has 3 aromatic rings. The summed E-state index contributed by atoms with van der Waals surface area (Å²) in [6, 6.07) is 8.21. The number of benzene rings is 1. The number of imidazole rings is 1. The molecule has 2 aromatic heterocycles. The largest absolute Gasteiger partial charge is 0.390 e. The van der Waals surface area contributed by atoms with Gasteiger partial charge in [-0.1, -0.05) is 12.1 Å².